The Hall–Kier alpha value is -8.78. The van der Waals surface area contributed by atoms with Crippen LogP contribution in [0.15, 0.2) is 109 Å². The summed E-state index contributed by atoms with van der Waals surface area (Å²) in [6.07, 6.45) is -0.970. The van der Waals surface area contributed by atoms with Crippen LogP contribution in [0.1, 0.15) is 61.8 Å². The number of nitrogens with one attached hydrogen (secondary N) is 10. The fourth-order valence-corrected chi connectivity index (χ4v) is 11.5. The molecule has 1 aliphatic rings. The van der Waals surface area contributed by atoms with Crippen molar-refractivity contribution >= 4 is 100 Å². The van der Waals surface area contributed by atoms with Crippen LogP contribution in [0.2, 0.25) is 0 Å². The summed E-state index contributed by atoms with van der Waals surface area (Å²) in [5, 5.41) is 65.5. The maximum atomic E-state index is 15.2. The minimum absolute atomic E-state index is 0.0113. The fourth-order valence-electron chi connectivity index (χ4n) is 10.4. The highest BCUT2D eigenvalue weighted by Gasteiger charge is 2.39. The number of thiol groups is 1. The fraction of sp³-hybridized carbons (Fsp3) is 0.446. The smallest absolute Gasteiger partial charge is 0.245 e. The van der Waals surface area contributed by atoms with E-state index in [-0.39, 0.29) is 68.1 Å². The second kappa shape index (κ2) is 37.3. The first-order valence-corrected chi connectivity index (χ1v) is 33.0. The average Bonchev–Trinajstić information content (AvgIpc) is 1.81. The molecule has 1 fully saturated rings. The highest BCUT2D eigenvalue weighted by molar-refractivity contribution is 7.99. The molecule has 2 heterocycles. The summed E-state index contributed by atoms with van der Waals surface area (Å²) < 4.78 is 0. The van der Waals surface area contributed by atoms with Crippen LogP contribution in [-0.4, -0.2) is 206 Å². The molecule has 1 aliphatic heterocycles. The number of nitrogens with two attached hydrogens (primary N) is 3. The Balaban J connectivity index is 1.26. The van der Waals surface area contributed by atoms with Gasteiger partial charge in [0.05, 0.1) is 30.6 Å². The summed E-state index contributed by atoms with van der Waals surface area (Å²) in [6, 6.07) is 14.2. The zero-order chi connectivity index (χ0) is 69.3. The highest BCUT2D eigenvalue weighted by atomic mass is 32.2. The number of phenols is 1. The highest BCUT2D eigenvalue weighted by Crippen LogP contribution is 2.22. The number of hydrogen-bond donors (Lipinski definition) is 18. The monoisotopic (exact) mass is 1350 g/mol. The van der Waals surface area contributed by atoms with Crippen LogP contribution in [0.3, 0.4) is 0 Å². The molecule has 0 saturated carbocycles. The molecule has 20 N–H and O–H groups in total. The summed E-state index contributed by atoms with van der Waals surface area (Å²) in [4.78, 5) is 147. The Kier molecular flexibility index (Phi) is 29.6. The molecular weight excluding hydrogens is 1260 g/mol. The molecule has 1 saturated heterocycles. The Bertz CT molecular complexity index is 3400. The maximum absolute atomic E-state index is 15.2. The second-order valence-corrected chi connectivity index (χ2v) is 24.9. The van der Waals surface area contributed by atoms with Crippen molar-refractivity contribution < 1.29 is 68.4 Å². The Morgan fingerprint density at radius 3 is 1.89 bits per heavy atom. The SMILES string of the molecule is C[C@@H](O)[C@@H]1NC(=O)[C@H](CCCCN)NC(=O)[C@@H](Cc2c[nH]c3ccccc23)NC(=O)[C@H](Cc2ccc(O)cc2)NC(=O)[C@H](CCSCC(=O)NC[C@H](N)C(=O)N[C@@H](Cc2ccc(N)cc2)C(=O)N[C@@H](CS)C(=O)N[C@H](CO)[C@@H](C)O)N(C)C(=O)[C@H](Cc2ccccc2)NC1=O. The summed E-state index contributed by atoms with van der Waals surface area (Å²) in [5.41, 5.74) is 21.4. The first-order valence-electron chi connectivity index (χ1n) is 31.2. The van der Waals surface area contributed by atoms with Crippen molar-refractivity contribution in [2.24, 2.45) is 11.5 Å². The summed E-state index contributed by atoms with van der Waals surface area (Å²) in [5.74, 6) is -8.77. The molecule has 30 heteroatoms. The lowest BCUT2D eigenvalue weighted by molar-refractivity contribution is -0.143. The van der Waals surface area contributed by atoms with E-state index in [0.717, 1.165) is 27.6 Å². The topological polar surface area (TPSA) is 457 Å². The van der Waals surface area contributed by atoms with Gasteiger partial charge in [-0.2, -0.15) is 24.4 Å². The third-order valence-corrected chi connectivity index (χ3v) is 17.4. The molecule has 0 spiro atoms. The van der Waals surface area contributed by atoms with Gasteiger partial charge in [-0.15, -0.1) is 0 Å². The molecule has 12 atom stereocenters. The molecule has 0 unspecified atom stereocenters. The molecule has 0 aliphatic carbocycles. The number of aliphatic hydroxyl groups is 3. The third-order valence-electron chi connectivity index (χ3n) is 16.0. The lowest BCUT2D eigenvalue weighted by Crippen LogP contribution is -2.63. The standard InChI is InChI=1S/C65H88N14O14S2/c1-36(81)52(33-80)76-62(90)53(34-94)77-60(88)48(27-39-16-20-42(67)21-17-39)72-57(85)45(68)32-70-55(84)35-95-26-24-54-63(91)74-49(28-40-18-22-43(83)23-19-40)59(87)73-50(30-41-31-69-46-14-8-7-13-44(41)46)61(89)71-47(15-9-10-25-66)58(86)78-56(37(2)82)64(92)75-51(65(93)79(54)3)29-38-11-5-4-6-12-38/h4-8,11-14,16-23,31,36-37,45,47-54,56,69,80-83,94H,9-10,15,24-30,32-35,66-68H2,1-3H3,(H,70,84)(H,71,89)(H,72,85)(H,73,87)(H,74,91)(H,75,92)(H,76,90)(H,77,88)(H,78,86)/t36-,37-,45+,47+,48+,49+,50-,51+,52-,53+,54+,56+/m1/s1. The van der Waals surface area contributed by atoms with Crippen molar-refractivity contribution in [1.29, 1.82) is 0 Å². The number of H-pyrrole nitrogens is 1. The largest absolute Gasteiger partial charge is 0.508 e. The number of fused-ring (bicyclic) bond motifs is 1. The van der Waals surface area contributed by atoms with Gasteiger partial charge in [0, 0.05) is 67.8 Å². The van der Waals surface area contributed by atoms with Gasteiger partial charge >= 0.3 is 0 Å². The van der Waals surface area contributed by atoms with E-state index >= 15 is 14.4 Å². The van der Waals surface area contributed by atoms with E-state index in [9.17, 15) is 54.0 Å². The molecule has 6 rings (SSSR count). The van der Waals surface area contributed by atoms with Crippen molar-refractivity contribution in [2.75, 3.05) is 49.7 Å². The molecule has 95 heavy (non-hydrogen) atoms. The number of anilines is 1. The molecule has 4 aromatic carbocycles. The number of aromatic hydroxyl groups is 1. The van der Waals surface area contributed by atoms with Crippen LogP contribution in [0, 0.1) is 0 Å². The van der Waals surface area contributed by atoms with Crippen LogP contribution < -0.4 is 65.1 Å². The average molecular weight is 1350 g/mol. The maximum Gasteiger partial charge on any atom is 0.245 e. The van der Waals surface area contributed by atoms with Gasteiger partial charge in [-0.25, -0.2) is 0 Å². The van der Waals surface area contributed by atoms with Gasteiger partial charge in [-0.05, 0) is 104 Å². The molecule has 0 bridgehead atoms. The van der Waals surface area contributed by atoms with Gasteiger partial charge in [0.25, 0.3) is 0 Å². The Morgan fingerprint density at radius 1 is 0.663 bits per heavy atom. The molecule has 5 aromatic rings. The van der Waals surface area contributed by atoms with Gasteiger partial charge in [0.2, 0.25) is 59.1 Å². The Labute approximate surface area is 560 Å². The van der Waals surface area contributed by atoms with Gasteiger partial charge in [0.1, 0.15) is 60.1 Å². The molecular formula is C65H88N14O14S2. The first-order chi connectivity index (χ1) is 45.4. The second-order valence-electron chi connectivity index (χ2n) is 23.4. The number of benzene rings is 4. The molecule has 28 nitrogen and oxygen atoms in total. The quantitative estimate of drug-likeness (QED) is 0.0138. The van der Waals surface area contributed by atoms with E-state index in [1.807, 2.05) is 18.2 Å². The summed E-state index contributed by atoms with van der Waals surface area (Å²) >= 11 is 5.22. The Morgan fingerprint density at radius 2 is 1.24 bits per heavy atom. The van der Waals surface area contributed by atoms with Crippen LogP contribution in [0.4, 0.5) is 5.69 Å². The zero-order valence-electron chi connectivity index (χ0n) is 53.1. The van der Waals surface area contributed by atoms with Gasteiger partial charge in [0.15, 0.2) is 0 Å². The predicted molar refractivity (Wildman–Crippen MR) is 361 cm³/mol. The van der Waals surface area contributed by atoms with Gasteiger partial charge in [-0.3, -0.25) is 47.9 Å². The number of aliphatic hydroxyl groups excluding tert-OH is 3. The van der Waals surface area contributed by atoms with E-state index in [0.29, 0.717) is 40.8 Å². The lowest BCUT2D eigenvalue weighted by Gasteiger charge is -2.33. The van der Waals surface area contributed by atoms with E-state index in [1.54, 1.807) is 66.9 Å². The van der Waals surface area contributed by atoms with Gasteiger partial charge < -0.3 is 95.4 Å². The number of likely N-dealkylation sites (N-methyl/N-ethyl adjacent to an activating group) is 1. The molecule has 0 radical (unpaired) electrons. The number of carbonyl (C=O) groups excluding carboxylic acids is 10. The number of rotatable bonds is 29. The molecule has 514 valence electrons. The number of aromatic nitrogens is 1. The lowest BCUT2D eigenvalue weighted by atomic mass is 10.00. The number of aromatic amines is 1. The van der Waals surface area contributed by atoms with Crippen LogP contribution in [-0.2, 0) is 73.6 Å². The number of nitrogens with zero attached hydrogens (tertiary/aromatic N) is 1. The first kappa shape index (κ1) is 75.3. The van der Waals surface area contributed by atoms with Crippen LogP contribution in [0.25, 0.3) is 10.9 Å². The van der Waals surface area contributed by atoms with Crippen LogP contribution in [0.5, 0.6) is 5.75 Å². The van der Waals surface area contributed by atoms with Crippen LogP contribution >= 0.6 is 24.4 Å². The number of amides is 10. The number of unbranched alkanes of at least 4 members (excludes halogenated alkanes) is 1. The van der Waals surface area contributed by atoms with Crippen molar-refractivity contribution in [2.45, 2.75) is 138 Å². The molecule has 1 aromatic heterocycles. The van der Waals surface area contributed by atoms with E-state index < -0.39 is 145 Å². The van der Waals surface area contributed by atoms with Crippen molar-refractivity contribution in [3.8, 4) is 5.75 Å². The number of nitrogen functional groups attached to an aromatic ring is 1. The predicted octanol–water partition coefficient (Wildman–Crippen LogP) is -2.18. The number of phenolic OH excluding ortho intramolecular Hbond substituents is 1. The number of carbonyl (C=O) groups is 10. The third kappa shape index (κ3) is 23.0. The number of thioether (sulfide) groups is 1. The zero-order valence-corrected chi connectivity index (χ0v) is 54.8. The van der Waals surface area contributed by atoms with E-state index in [2.05, 4.69) is 65.5 Å². The van der Waals surface area contributed by atoms with E-state index in [1.165, 1.54) is 45.2 Å². The number of para-hydroxylation sites is 1. The molecule has 10 amide bonds. The van der Waals surface area contributed by atoms with Crippen molar-refractivity contribution in [3.05, 3.63) is 132 Å². The summed E-state index contributed by atoms with van der Waals surface area (Å²) in [7, 11) is 1.32. The minimum atomic E-state index is -1.69. The van der Waals surface area contributed by atoms with Gasteiger partial charge in [-0.1, -0.05) is 72.8 Å². The normalized spacial score (nSPS) is 20.4. The summed E-state index contributed by atoms with van der Waals surface area (Å²) in [6.45, 7) is 1.86. The number of hydrogen-bond acceptors (Lipinski definition) is 19. The minimum Gasteiger partial charge on any atom is -0.508 e. The van der Waals surface area contributed by atoms with E-state index in [4.69, 9.17) is 17.2 Å². The van der Waals surface area contributed by atoms with Crippen molar-refractivity contribution in [3.63, 3.8) is 0 Å². The van der Waals surface area contributed by atoms with Crippen molar-refractivity contribution in [1.82, 2.24) is 57.7 Å².